The third kappa shape index (κ3) is 4.74. The Hall–Kier alpha value is -2.49. The molecular weight excluding hydrogens is 290 g/mol. The first-order chi connectivity index (χ1) is 11.0. The summed E-state index contributed by atoms with van der Waals surface area (Å²) in [4.78, 5) is 12.3. The first-order valence-corrected chi connectivity index (χ1v) is 7.67. The normalized spacial score (nSPS) is 13.0. The van der Waals surface area contributed by atoms with Crippen LogP contribution in [0.2, 0.25) is 0 Å². The molecule has 4 nitrogen and oxygen atoms in total. The lowest BCUT2D eigenvalue weighted by Crippen LogP contribution is -2.37. The third-order valence-electron chi connectivity index (χ3n) is 3.66. The lowest BCUT2D eigenvalue weighted by Gasteiger charge is -2.19. The smallest absolute Gasteiger partial charge is 0.261 e. The second-order valence-corrected chi connectivity index (χ2v) is 5.58. The van der Waals surface area contributed by atoms with Crippen molar-refractivity contribution in [2.45, 2.75) is 32.9 Å². The molecule has 0 heterocycles. The van der Waals surface area contributed by atoms with E-state index in [9.17, 15) is 4.79 Å². The number of aryl methyl sites for hydroxylation is 1. The van der Waals surface area contributed by atoms with Crippen molar-refractivity contribution in [1.82, 2.24) is 5.32 Å². The molecule has 2 unspecified atom stereocenters. The Balaban J connectivity index is 1.95. The summed E-state index contributed by atoms with van der Waals surface area (Å²) < 4.78 is 10.8. The van der Waals surface area contributed by atoms with Gasteiger partial charge in [-0.15, -0.1) is 0 Å². The molecule has 0 aromatic heterocycles. The standard InChI is InChI=1S/C19H23NO3/c1-13-8-10-16(11-9-13)14(2)20-19(21)15(3)23-18-7-5-6-17(12-18)22-4/h5-12,14-15H,1-4H3,(H,20,21). The van der Waals surface area contributed by atoms with Gasteiger partial charge in [-0.3, -0.25) is 4.79 Å². The van der Waals surface area contributed by atoms with Crippen LogP contribution in [0.3, 0.4) is 0 Å². The molecule has 2 aromatic rings. The van der Waals surface area contributed by atoms with E-state index in [1.807, 2.05) is 50.2 Å². The molecule has 0 aliphatic heterocycles. The Morgan fingerprint density at radius 2 is 1.70 bits per heavy atom. The third-order valence-corrected chi connectivity index (χ3v) is 3.66. The van der Waals surface area contributed by atoms with Gasteiger partial charge in [0.05, 0.1) is 13.2 Å². The van der Waals surface area contributed by atoms with Crippen molar-refractivity contribution in [2.75, 3.05) is 7.11 Å². The van der Waals surface area contributed by atoms with Crippen molar-refractivity contribution >= 4 is 5.91 Å². The molecule has 0 spiro atoms. The van der Waals surface area contributed by atoms with Crippen molar-refractivity contribution in [3.05, 3.63) is 59.7 Å². The van der Waals surface area contributed by atoms with E-state index in [1.165, 1.54) is 5.56 Å². The lowest BCUT2D eigenvalue weighted by molar-refractivity contribution is -0.127. The van der Waals surface area contributed by atoms with E-state index < -0.39 is 6.10 Å². The monoisotopic (exact) mass is 313 g/mol. The van der Waals surface area contributed by atoms with Crippen molar-refractivity contribution in [3.63, 3.8) is 0 Å². The average Bonchev–Trinajstić information content (AvgIpc) is 2.55. The molecule has 0 fully saturated rings. The summed E-state index contributed by atoms with van der Waals surface area (Å²) in [6, 6.07) is 15.3. The Bertz CT molecular complexity index is 652. The maximum absolute atomic E-state index is 12.3. The predicted molar refractivity (Wildman–Crippen MR) is 90.8 cm³/mol. The van der Waals surface area contributed by atoms with E-state index >= 15 is 0 Å². The van der Waals surface area contributed by atoms with Crippen LogP contribution in [0, 0.1) is 6.92 Å². The van der Waals surface area contributed by atoms with Crippen LogP contribution in [-0.2, 0) is 4.79 Å². The van der Waals surface area contributed by atoms with Gasteiger partial charge in [0, 0.05) is 6.07 Å². The van der Waals surface area contributed by atoms with Gasteiger partial charge in [0.15, 0.2) is 6.10 Å². The van der Waals surface area contributed by atoms with Gasteiger partial charge >= 0.3 is 0 Å². The zero-order valence-corrected chi connectivity index (χ0v) is 14.0. The van der Waals surface area contributed by atoms with Crippen molar-refractivity contribution in [2.24, 2.45) is 0 Å². The summed E-state index contributed by atoms with van der Waals surface area (Å²) in [6.45, 7) is 5.73. The fourth-order valence-corrected chi connectivity index (χ4v) is 2.20. The number of benzene rings is 2. The number of carbonyl (C=O) groups is 1. The highest BCUT2D eigenvalue weighted by Gasteiger charge is 2.17. The van der Waals surface area contributed by atoms with E-state index in [4.69, 9.17) is 9.47 Å². The molecular formula is C19H23NO3. The van der Waals surface area contributed by atoms with E-state index in [-0.39, 0.29) is 11.9 Å². The molecule has 1 amide bonds. The highest BCUT2D eigenvalue weighted by atomic mass is 16.5. The molecule has 0 aliphatic rings. The Kier molecular flexibility index (Phi) is 5.63. The Morgan fingerprint density at radius 3 is 2.35 bits per heavy atom. The van der Waals surface area contributed by atoms with E-state index in [0.29, 0.717) is 11.5 Å². The van der Waals surface area contributed by atoms with Crippen LogP contribution < -0.4 is 14.8 Å². The van der Waals surface area contributed by atoms with Crippen LogP contribution in [0.5, 0.6) is 11.5 Å². The molecule has 0 bridgehead atoms. The minimum Gasteiger partial charge on any atom is -0.497 e. The highest BCUT2D eigenvalue weighted by Crippen LogP contribution is 2.20. The molecule has 23 heavy (non-hydrogen) atoms. The second kappa shape index (κ2) is 7.68. The molecule has 2 aromatic carbocycles. The summed E-state index contributed by atoms with van der Waals surface area (Å²) in [5.41, 5.74) is 2.26. The maximum atomic E-state index is 12.3. The number of hydrogen-bond donors (Lipinski definition) is 1. The Morgan fingerprint density at radius 1 is 1.04 bits per heavy atom. The largest absolute Gasteiger partial charge is 0.497 e. The van der Waals surface area contributed by atoms with E-state index in [0.717, 1.165) is 5.56 Å². The van der Waals surface area contributed by atoms with Crippen molar-refractivity contribution < 1.29 is 14.3 Å². The Labute approximate surface area is 137 Å². The number of amides is 1. The summed E-state index contributed by atoms with van der Waals surface area (Å²) in [5, 5.41) is 2.97. The number of carbonyl (C=O) groups excluding carboxylic acids is 1. The van der Waals surface area contributed by atoms with Crippen LogP contribution in [0.1, 0.15) is 31.0 Å². The zero-order valence-electron chi connectivity index (χ0n) is 14.0. The number of nitrogens with one attached hydrogen (secondary N) is 1. The summed E-state index contributed by atoms with van der Waals surface area (Å²) in [5.74, 6) is 1.15. The molecule has 0 radical (unpaired) electrons. The van der Waals surface area contributed by atoms with Crippen LogP contribution in [0.25, 0.3) is 0 Å². The molecule has 0 saturated carbocycles. The first-order valence-electron chi connectivity index (χ1n) is 7.67. The number of methoxy groups -OCH3 is 1. The van der Waals surface area contributed by atoms with Crippen LogP contribution in [0.4, 0.5) is 0 Å². The fraction of sp³-hybridized carbons (Fsp3) is 0.316. The quantitative estimate of drug-likeness (QED) is 0.885. The maximum Gasteiger partial charge on any atom is 0.261 e. The number of ether oxygens (including phenoxy) is 2. The van der Waals surface area contributed by atoms with Gasteiger partial charge in [-0.2, -0.15) is 0 Å². The van der Waals surface area contributed by atoms with E-state index in [2.05, 4.69) is 5.32 Å². The van der Waals surface area contributed by atoms with Crippen molar-refractivity contribution in [3.8, 4) is 11.5 Å². The molecule has 2 rings (SSSR count). The number of hydrogen-bond acceptors (Lipinski definition) is 3. The molecule has 4 heteroatoms. The van der Waals surface area contributed by atoms with Gasteiger partial charge in [0.2, 0.25) is 0 Å². The number of rotatable bonds is 6. The SMILES string of the molecule is COc1cccc(OC(C)C(=O)NC(C)c2ccc(C)cc2)c1. The van der Waals surface area contributed by atoms with E-state index in [1.54, 1.807) is 26.2 Å². The second-order valence-electron chi connectivity index (χ2n) is 5.58. The molecule has 0 saturated heterocycles. The van der Waals surface area contributed by atoms with Gasteiger partial charge in [-0.05, 0) is 38.5 Å². The average molecular weight is 313 g/mol. The van der Waals surface area contributed by atoms with Gasteiger partial charge in [0.25, 0.3) is 5.91 Å². The first kappa shape index (κ1) is 16.9. The molecule has 0 aliphatic carbocycles. The predicted octanol–water partition coefficient (Wildman–Crippen LogP) is 3.65. The molecule has 1 N–H and O–H groups in total. The summed E-state index contributed by atoms with van der Waals surface area (Å²) in [7, 11) is 1.60. The van der Waals surface area contributed by atoms with Crippen molar-refractivity contribution in [1.29, 1.82) is 0 Å². The van der Waals surface area contributed by atoms with Crippen LogP contribution >= 0.6 is 0 Å². The minimum atomic E-state index is -0.588. The zero-order chi connectivity index (χ0) is 16.8. The van der Waals surface area contributed by atoms with Gasteiger partial charge in [-0.25, -0.2) is 0 Å². The summed E-state index contributed by atoms with van der Waals surface area (Å²) in [6.07, 6.45) is -0.588. The topological polar surface area (TPSA) is 47.6 Å². The van der Waals surface area contributed by atoms with Gasteiger partial charge in [0.1, 0.15) is 11.5 Å². The highest BCUT2D eigenvalue weighted by molar-refractivity contribution is 5.81. The van der Waals surface area contributed by atoms with Gasteiger partial charge < -0.3 is 14.8 Å². The lowest BCUT2D eigenvalue weighted by atomic mass is 10.1. The van der Waals surface area contributed by atoms with Gasteiger partial charge in [-0.1, -0.05) is 35.9 Å². The van der Waals surface area contributed by atoms with Crippen LogP contribution in [0.15, 0.2) is 48.5 Å². The van der Waals surface area contributed by atoms with Crippen LogP contribution in [-0.4, -0.2) is 19.1 Å². The fourth-order valence-electron chi connectivity index (χ4n) is 2.20. The minimum absolute atomic E-state index is 0.0699. The summed E-state index contributed by atoms with van der Waals surface area (Å²) >= 11 is 0. The molecule has 122 valence electrons. The molecule has 2 atom stereocenters.